The number of halogens is 1. The third-order valence-corrected chi connectivity index (χ3v) is 4.04. The Balaban J connectivity index is 2.12. The van der Waals surface area contributed by atoms with Crippen molar-refractivity contribution in [3.8, 4) is 0 Å². The summed E-state index contributed by atoms with van der Waals surface area (Å²) in [5.41, 5.74) is 0.621. The molecule has 1 N–H and O–H groups in total. The van der Waals surface area contributed by atoms with Crippen LogP contribution in [-0.4, -0.2) is 29.1 Å². The van der Waals surface area contributed by atoms with Crippen LogP contribution >= 0.6 is 0 Å². The normalized spacial score (nSPS) is 24.7. The van der Waals surface area contributed by atoms with Gasteiger partial charge in [-0.1, -0.05) is 18.2 Å². The van der Waals surface area contributed by atoms with Crippen molar-refractivity contribution in [3.63, 3.8) is 0 Å². The van der Waals surface area contributed by atoms with Gasteiger partial charge >= 0.3 is 5.97 Å². The maximum atomic E-state index is 13.7. The highest BCUT2D eigenvalue weighted by Gasteiger charge is 2.40. The van der Waals surface area contributed by atoms with Crippen LogP contribution in [0, 0.1) is 11.7 Å². The Labute approximate surface area is 106 Å². The van der Waals surface area contributed by atoms with E-state index >= 15 is 0 Å². The molecule has 0 amide bonds. The fraction of sp³-hybridized carbons (Fsp3) is 0.500. The number of carboxylic acids is 1. The van der Waals surface area contributed by atoms with E-state index in [9.17, 15) is 9.18 Å². The molecule has 18 heavy (non-hydrogen) atoms. The van der Waals surface area contributed by atoms with Crippen molar-refractivity contribution in [1.29, 1.82) is 0 Å². The molecule has 0 aliphatic heterocycles. The van der Waals surface area contributed by atoms with Crippen LogP contribution < -0.4 is 0 Å². The number of hydrogen-bond acceptors (Lipinski definition) is 2. The van der Waals surface area contributed by atoms with Gasteiger partial charge in [0, 0.05) is 17.6 Å². The van der Waals surface area contributed by atoms with Gasteiger partial charge in [-0.3, -0.25) is 9.69 Å². The lowest BCUT2D eigenvalue weighted by atomic mass is 9.78. The lowest BCUT2D eigenvalue weighted by molar-refractivity contribution is -0.149. The van der Waals surface area contributed by atoms with Gasteiger partial charge in [0.1, 0.15) is 5.82 Å². The summed E-state index contributed by atoms with van der Waals surface area (Å²) in [6.07, 6.45) is 1.58. The molecular weight excluding hydrogens is 233 g/mol. The van der Waals surface area contributed by atoms with Gasteiger partial charge in [-0.2, -0.15) is 0 Å². The molecule has 0 heterocycles. The van der Waals surface area contributed by atoms with E-state index in [4.69, 9.17) is 5.11 Å². The molecule has 3 nitrogen and oxygen atoms in total. The van der Waals surface area contributed by atoms with Crippen LogP contribution in [0.15, 0.2) is 24.3 Å². The molecule has 3 unspecified atom stereocenters. The average Bonchev–Trinajstić information content (AvgIpc) is 2.26. The molecule has 98 valence electrons. The molecule has 3 atom stereocenters. The first-order chi connectivity index (χ1) is 8.52. The van der Waals surface area contributed by atoms with Gasteiger partial charge < -0.3 is 5.11 Å². The van der Waals surface area contributed by atoms with Gasteiger partial charge in [0.15, 0.2) is 0 Å². The largest absolute Gasteiger partial charge is 0.481 e. The SMILES string of the molecule is CC(c1ccccc1F)N(C)C1CCC1C(=O)O. The van der Waals surface area contributed by atoms with Crippen LogP contribution in [0.25, 0.3) is 0 Å². The number of carboxylic acid groups (broad SMARTS) is 1. The van der Waals surface area contributed by atoms with Crippen LogP contribution in [0.2, 0.25) is 0 Å². The van der Waals surface area contributed by atoms with Crippen LogP contribution in [0.1, 0.15) is 31.4 Å². The van der Waals surface area contributed by atoms with E-state index in [0.717, 1.165) is 6.42 Å². The van der Waals surface area contributed by atoms with Gasteiger partial charge in [0.05, 0.1) is 5.92 Å². The van der Waals surface area contributed by atoms with Gasteiger partial charge in [0.25, 0.3) is 0 Å². The fourth-order valence-electron chi connectivity index (χ4n) is 2.58. The topological polar surface area (TPSA) is 40.5 Å². The second-order valence-corrected chi connectivity index (χ2v) is 4.95. The summed E-state index contributed by atoms with van der Waals surface area (Å²) >= 11 is 0. The van der Waals surface area contributed by atoms with Crippen molar-refractivity contribution in [2.75, 3.05) is 7.05 Å². The first-order valence-corrected chi connectivity index (χ1v) is 6.21. The molecule has 4 heteroatoms. The Kier molecular flexibility index (Phi) is 3.66. The molecule has 0 aromatic heterocycles. The second kappa shape index (κ2) is 5.06. The molecule has 1 fully saturated rings. The van der Waals surface area contributed by atoms with Gasteiger partial charge in [-0.05, 0) is 32.9 Å². The molecular formula is C14H18FNO2. The van der Waals surface area contributed by atoms with E-state index < -0.39 is 5.97 Å². The van der Waals surface area contributed by atoms with Crippen LogP contribution in [-0.2, 0) is 4.79 Å². The summed E-state index contributed by atoms with van der Waals surface area (Å²) in [7, 11) is 1.87. The van der Waals surface area contributed by atoms with Crippen molar-refractivity contribution in [1.82, 2.24) is 4.90 Å². The van der Waals surface area contributed by atoms with Gasteiger partial charge in [0.2, 0.25) is 0 Å². The maximum Gasteiger partial charge on any atom is 0.308 e. The lowest BCUT2D eigenvalue weighted by Crippen LogP contribution is -2.49. The summed E-state index contributed by atoms with van der Waals surface area (Å²) in [6.45, 7) is 1.91. The zero-order valence-corrected chi connectivity index (χ0v) is 10.6. The van der Waals surface area contributed by atoms with Crippen molar-refractivity contribution in [2.45, 2.75) is 31.8 Å². The molecule has 1 aromatic carbocycles. The Morgan fingerprint density at radius 1 is 1.44 bits per heavy atom. The number of rotatable bonds is 4. The summed E-state index contributed by atoms with van der Waals surface area (Å²) < 4.78 is 13.7. The number of nitrogens with zero attached hydrogens (tertiary/aromatic N) is 1. The highest BCUT2D eigenvalue weighted by atomic mass is 19.1. The van der Waals surface area contributed by atoms with E-state index in [0.29, 0.717) is 12.0 Å². The van der Waals surface area contributed by atoms with Crippen LogP contribution in [0.5, 0.6) is 0 Å². The van der Waals surface area contributed by atoms with E-state index in [1.807, 2.05) is 18.9 Å². The van der Waals surface area contributed by atoms with Gasteiger partial charge in [-0.15, -0.1) is 0 Å². The van der Waals surface area contributed by atoms with E-state index in [-0.39, 0.29) is 23.8 Å². The zero-order chi connectivity index (χ0) is 13.3. The molecule has 1 aliphatic carbocycles. The van der Waals surface area contributed by atoms with E-state index in [2.05, 4.69) is 0 Å². The Hall–Kier alpha value is -1.42. The van der Waals surface area contributed by atoms with Crippen LogP contribution in [0.4, 0.5) is 4.39 Å². The molecule has 0 saturated heterocycles. The van der Waals surface area contributed by atoms with Crippen molar-refractivity contribution < 1.29 is 14.3 Å². The number of carbonyl (C=O) groups is 1. The molecule has 0 radical (unpaired) electrons. The smallest absolute Gasteiger partial charge is 0.308 e. The molecule has 2 rings (SSSR count). The lowest BCUT2D eigenvalue weighted by Gasteiger charge is -2.43. The van der Waals surface area contributed by atoms with Crippen molar-refractivity contribution in [3.05, 3.63) is 35.6 Å². The minimum absolute atomic E-state index is 0.0112. The highest BCUT2D eigenvalue weighted by molar-refractivity contribution is 5.72. The molecule has 1 aliphatic rings. The van der Waals surface area contributed by atoms with Crippen LogP contribution in [0.3, 0.4) is 0 Å². The maximum absolute atomic E-state index is 13.7. The quantitative estimate of drug-likeness (QED) is 0.894. The minimum atomic E-state index is -0.751. The van der Waals surface area contributed by atoms with Crippen molar-refractivity contribution in [2.24, 2.45) is 5.92 Å². The highest BCUT2D eigenvalue weighted by Crippen LogP contribution is 2.36. The third kappa shape index (κ3) is 2.25. The number of aliphatic carboxylic acids is 1. The number of benzene rings is 1. The average molecular weight is 251 g/mol. The summed E-state index contributed by atoms with van der Waals surface area (Å²) in [5.74, 6) is -1.30. The molecule has 1 aromatic rings. The van der Waals surface area contributed by atoms with E-state index in [1.54, 1.807) is 18.2 Å². The summed E-state index contributed by atoms with van der Waals surface area (Å²) in [6, 6.07) is 6.56. The van der Waals surface area contributed by atoms with Crippen molar-refractivity contribution >= 4 is 5.97 Å². The monoisotopic (exact) mass is 251 g/mol. The first-order valence-electron chi connectivity index (χ1n) is 6.21. The Morgan fingerprint density at radius 2 is 2.11 bits per heavy atom. The predicted octanol–water partition coefficient (Wildman–Crippen LogP) is 2.68. The molecule has 0 bridgehead atoms. The first kappa shape index (κ1) is 13.0. The third-order valence-electron chi connectivity index (χ3n) is 4.04. The fourth-order valence-corrected chi connectivity index (χ4v) is 2.58. The number of hydrogen-bond donors (Lipinski definition) is 1. The summed E-state index contributed by atoms with van der Waals surface area (Å²) in [5, 5.41) is 9.06. The predicted molar refractivity (Wildman–Crippen MR) is 66.7 cm³/mol. The van der Waals surface area contributed by atoms with E-state index in [1.165, 1.54) is 6.07 Å². The standard InChI is InChI=1S/C14H18FNO2/c1-9(10-5-3-4-6-12(10)15)16(2)13-8-7-11(13)14(17)18/h3-6,9,11,13H,7-8H2,1-2H3,(H,17,18). The Morgan fingerprint density at radius 3 is 2.61 bits per heavy atom. The summed E-state index contributed by atoms with van der Waals surface area (Å²) in [4.78, 5) is 13.0. The zero-order valence-electron chi connectivity index (χ0n) is 10.6. The molecule has 0 spiro atoms. The molecule has 1 saturated carbocycles. The van der Waals surface area contributed by atoms with Gasteiger partial charge in [-0.25, -0.2) is 4.39 Å². The Bertz CT molecular complexity index is 449. The second-order valence-electron chi connectivity index (χ2n) is 4.95. The minimum Gasteiger partial charge on any atom is -0.481 e.